The van der Waals surface area contributed by atoms with Crippen LogP contribution in [0.15, 0.2) is 40.0 Å². The zero-order valence-corrected chi connectivity index (χ0v) is 11.6. The lowest BCUT2D eigenvalue weighted by Crippen LogP contribution is -2.04. The molecule has 1 aliphatic carbocycles. The van der Waals surface area contributed by atoms with Crippen molar-refractivity contribution < 1.29 is 17.9 Å². The number of sulfone groups is 1. The summed E-state index contributed by atoms with van der Waals surface area (Å²) < 4.78 is 36.8. The van der Waals surface area contributed by atoms with Crippen molar-refractivity contribution in [3.63, 3.8) is 0 Å². The van der Waals surface area contributed by atoms with E-state index in [2.05, 4.69) is 4.98 Å². The summed E-state index contributed by atoms with van der Waals surface area (Å²) in [5.41, 5.74) is 0.102. The fourth-order valence-corrected chi connectivity index (χ4v) is 2.56. The summed E-state index contributed by atoms with van der Waals surface area (Å²) in [4.78, 5) is 3.72. The monoisotopic (exact) mass is 303 g/mol. The molecule has 0 spiro atoms. The molecule has 0 amide bonds. The van der Waals surface area contributed by atoms with E-state index in [0.717, 1.165) is 6.26 Å². The molecule has 0 saturated heterocycles. The van der Waals surface area contributed by atoms with Gasteiger partial charge in [0.1, 0.15) is 11.6 Å². The van der Waals surface area contributed by atoms with Crippen LogP contribution in [-0.2, 0) is 9.84 Å². The van der Waals surface area contributed by atoms with Crippen LogP contribution in [0.25, 0.3) is 5.57 Å². The van der Waals surface area contributed by atoms with Gasteiger partial charge in [-0.15, -0.1) is 0 Å². The lowest BCUT2D eigenvalue weighted by atomic mass is 9.98. The summed E-state index contributed by atoms with van der Waals surface area (Å²) >= 11 is 5.73. The molecular weight excluding hydrogens is 293 g/mol. The van der Waals surface area contributed by atoms with Gasteiger partial charge in [0.25, 0.3) is 0 Å². The van der Waals surface area contributed by atoms with Crippen LogP contribution in [0, 0.1) is 0 Å². The highest BCUT2D eigenvalue weighted by molar-refractivity contribution is 7.90. The number of pyridine rings is 1. The van der Waals surface area contributed by atoms with Crippen molar-refractivity contribution in [2.75, 3.05) is 6.26 Å². The molecule has 102 valence electrons. The van der Waals surface area contributed by atoms with Gasteiger partial charge in [-0.05, 0) is 12.5 Å². The van der Waals surface area contributed by atoms with Crippen LogP contribution in [-0.4, -0.2) is 24.8 Å². The number of rotatable bonds is 2. The van der Waals surface area contributed by atoms with Crippen molar-refractivity contribution in [1.29, 1.82) is 0 Å². The van der Waals surface area contributed by atoms with Gasteiger partial charge in [-0.2, -0.15) is 0 Å². The number of aromatic nitrogens is 1. The SMILES string of the molecule is CS(=O)(=O)c1cncc(C2=C(O)CCC(Cl)=C2F)c1. The van der Waals surface area contributed by atoms with Gasteiger partial charge in [0.2, 0.25) is 0 Å². The molecule has 1 aliphatic rings. The number of aliphatic hydroxyl groups is 1. The molecule has 1 N–H and O–H groups in total. The molecular formula is C12H11ClFNO3S. The minimum atomic E-state index is -3.45. The molecule has 7 heteroatoms. The Morgan fingerprint density at radius 3 is 2.68 bits per heavy atom. The summed E-state index contributed by atoms with van der Waals surface area (Å²) in [5.74, 6) is -0.896. The predicted molar refractivity (Wildman–Crippen MR) is 70.1 cm³/mol. The summed E-state index contributed by atoms with van der Waals surface area (Å²) in [6.07, 6.45) is 3.92. The van der Waals surface area contributed by atoms with E-state index in [9.17, 15) is 17.9 Å². The maximum Gasteiger partial charge on any atom is 0.177 e. The first kappa shape index (κ1) is 14.0. The molecule has 0 saturated carbocycles. The Kier molecular flexibility index (Phi) is 3.64. The highest BCUT2D eigenvalue weighted by Gasteiger charge is 2.23. The van der Waals surface area contributed by atoms with Crippen LogP contribution >= 0.6 is 11.6 Å². The maximum atomic E-state index is 14.0. The quantitative estimate of drug-likeness (QED) is 0.912. The number of aliphatic hydroxyl groups excluding tert-OH is 1. The van der Waals surface area contributed by atoms with Crippen LogP contribution in [0.2, 0.25) is 0 Å². The highest BCUT2D eigenvalue weighted by Crippen LogP contribution is 2.38. The second kappa shape index (κ2) is 4.94. The lowest BCUT2D eigenvalue weighted by molar-refractivity contribution is 0.385. The summed E-state index contributed by atoms with van der Waals surface area (Å²) in [5, 5.41) is 9.79. The molecule has 0 bridgehead atoms. The molecule has 2 rings (SSSR count). The Morgan fingerprint density at radius 1 is 1.37 bits per heavy atom. The van der Waals surface area contributed by atoms with Crippen molar-refractivity contribution in [3.05, 3.63) is 40.6 Å². The third kappa shape index (κ3) is 2.79. The number of hydrogen-bond acceptors (Lipinski definition) is 4. The Bertz CT molecular complexity index is 695. The van der Waals surface area contributed by atoms with Crippen molar-refractivity contribution in [2.24, 2.45) is 0 Å². The minimum absolute atomic E-state index is 0.0116. The highest BCUT2D eigenvalue weighted by atomic mass is 35.5. The van der Waals surface area contributed by atoms with Crippen LogP contribution in [0.3, 0.4) is 0 Å². The fraction of sp³-hybridized carbons (Fsp3) is 0.250. The molecule has 1 aromatic heterocycles. The van der Waals surface area contributed by atoms with Crippen molar-refractivity contribution in [3.8, 4) is 0 Å². The summed E-state index contributed by atoms with van der Waals surface area (Å²) in [6.45, 7) is 0. The standard InChI is InChI=1S/C12H11ClFNO3S/c1-19(17,18)8-4-7(5-15-6-8)11-10(16)3-2-9(13)12(11)14/h4-6,16H,2-3H2,1H3. The van der Waals surface area contributed by atoms with E-state index in [4.69, 9.17) is 11.6 Å². The number of halogens is 2. The Labute approximate surface area is 115 Å². The molecule has 4 nitrogen and oxygen atoms in total. The van der Waals surface area contributed by atoms with Gasteiger partial charge in [-0.1, -0.05) is 11.6 Å². The summed E-state index contributed by atoms with van der Waals surface area (Å²) in [6, 6.07) is 1.27. The van der Waals surface area contributed by atoms with Gasteiger partial charge in [0.05, 0.1) is 15.5 Å². The van der Waals surface area contributed by atoms with Gasteiger partial charge in [-0.3, -0.25) is 4.98 Å². The molecule has 1 heterocycles. The molecule has 0 aliphatic heterocycles. The lowest BCUT2D eigenvalue weighted by Gasteiger charge is -2.16. The van der Waals surface area contributed by atoms with E-state index >= 15 is 0 Å². The number of allylic oxidation sites excluding steroid dienone is 4. The van der Waals surface area contributed by atoms with E-state index in [1.165, 1.54) is 18.5 Å². The van der Waals surface area contributed by atoms with Crippen LogP contribution in [0.1, 0.15) is 18.4 Å². The molecule has 0 radical (unpaired) electrons. The molecule has 19 heavy (non-hydrogen) atoms. The van der Waals surface area contributed by atoms with Gasteiger partial charge in [0.15, 0.2) is 9.84 Å². The average Bonchev–Trinajstić information content (AvgIpc) is 2.34. The third-order valence-electron chi connectivity index (χ3n) is 2.76. The van der Waals surface area contributed by atoms with E-state index in [-0.39, 0.29) is 39.7 Å². The molecule has 0 fully saturated rings. The minimum Gasteiger partial charge on any atom is -0.512 e. The van der Waals surface area contributed by atoms with Crippen molar-refractivity contribution in [1.82, 2.24) is 4.98 Å². The van der Waals surface area contributed by atoms with Gasteiger partial charge in [-0.25, -0.2) is 12.8 Å². The molecule has 1 aromatic rings. The largest absolute Gasteiger partial charge is 0.512 e. The molecule has 0 unspecified atom stereocenters. The van der Waals surface area contributed by atoms with Crippen LogP contribution in [0.4, 0.5) is 4.39 Å². The normalized spacial score (nSPS) is 17.0. The van der Waals surface area contributed by atoms with Crippen molar-refractivity contribution in [2.45, 2.75) is 17.7 Å². The second-order valence-corrected chi connectivity index (χ2v) is 6.69. The zero-order valence-electron chi connectivity index (χ0n) is 10.0. The summed E-state index contributed by atoms with van der Waals surface area (Å²) in [7, 11) is -3.45. The number of hydrogen-bond donors (Lipinski definition) is 1. The first-order valence-electron chi connectivity index (χ1n) is 5.43. The Balaban J connectivity index is 2.60. The van der Waals surface area contributed by atoms with Crippen molar-refractivity contribution >= 4 is 27.0 Å². The first-order chi connectivity index (χ1) is 8.80. The predicted octanol–water partition coefficient (Wildman–Crippen LogP) is 2.97. The maximum absolute atomic E-state index is 14.0. The Hall–Kier alpha value is -1.40. The fourth-order valence-electron chi connectivity index (χ4n) is 1.78. The average molecular weight is 304 g/mol. The van der Waals surface area contributed by atoms with E-state index < -0.39 is 15.7 Å². The second-order valence-electron chi connectivity index (χ2n) is 4.22. The van der Waals surface area contributed by atoms with Crippen LogP contribution in [0.5, 0.6) is 0 Å². The Morgan fingerprint density at radius 2 is 2.05 bits per heavy atom. The number of nitrogens with zero attached hydrogens (tertiary/aromatic N) is 1. The van der Waals surface area contributed by atoms with Gasteiger partial charge >= 0.3 is 0 Å². The topological polar surface area (TPSA) is 67.3 Å². The van der Waals surface area contributed by atoms with E-state index in [0.29, 0.717) is 0 Å². The first-order valence-corrected chi connectivity index (χ1v) is 7.69. The van der Waals surface area contributed by atoms with E-state index in [1.807, 2.05) is 0 Å². The molecule has 0 aromatic carbocycles. The molecule has 0 atom stereocenters. The van der Waals surface area contributed by atoms with Crippen LogP contribution < -0.4 is 0 Å². The van der Waals surface area contributed by atoms with E-state index in [1.54, 1.807) is 0 Å². The third-order valence-corrected chi connectivity index (χ3v) is 4.19. The van der Waals surface area contributed by atoms with Gasteiger partial charge in [0, 0.05) is 30.6 Å². The van der Waals surface area contributed by atoms with Gasteiger partial charge < -0.3 is 5.11 Å². The smallest absolute Gasteiger partial charge is 0.177 e. The zero-order chi connectivity index (χ0) is 14.2.